The Labute approximate surface area is 86.1 Å². The van der Waals surface area contributed by atoms with Crippen LogP contribution in [0.15, 0.2) is 5.16 Å². The summed E-state index contributed by atoms with van der Waals surface area (Å²) < 4.78 is 0. The number of hydrogen-bond donors (Lipinski definition) is 1. The Bertz CT molecular complexity index is 218. The van der Waals surface area contributed by atoms with E-state index in [2.05, 4.69) is 12.1 Å². The zero-order valence-corrected chi connectivity index (χ0v) is 9.58. The van der Waals surface area contributed by atoms with Gasteiger partial charge in [0, 0.05) is 5.41 Å². The average Bonchev–Trinajstić information content (AvgIpc) is 2.42. The predicted molar refractivity (Wildman–Crippen MR) is 57.3 cm³/mol. The lowest BCUT2D eigenvalue weighted by Gasteiger charge is -2.21. The second kappa shape index (κ2) is 4.30. The van der Waals surface area contributed by atoms with E-state index < -0.39 is 6.10 Å². The Morgan fingerprint density at radius 1 is 1.43 bits per heavy atom. The number of unbranched alkanes of at least 4 members (excludes halogenated alkanes) is 1. The van der Waals surface area contributed by atoms with Crippen LogP contribution in [0, 0.1) is 5.41 Å². The lowest BCUT2D eigenvalue weighted by atomic mass is 9.85. The van der Waals surface area contributed by atoms with Crippen LogP contribution in [0.5, 0.6) is 0 Å². The van der Waals surface area contributed by atoms with Gasteiger partial charge in [0.2, 0.25) is 0 Å². The minimum absolute atomic E-state index is 0.0968. The standard InChI is InChI=1S/C11H21NO2/c1-5-6-7-8-9(13)10(12-14-8)11(2,3)4/h8-9,13H,5-7H2,1-4H3/t8-,9-/m0/s1. The first-order valence-electron chi connectivity index (χ1n) is 5.39. The molecule has 0 amide bonds. The topological polar surface area (TPSA) is 41.8 Å². The molecule has 2 atom stereocenters. The summed E-state index contributed by atoms with van der Waals surface area (Å²) in [6.07, 6.45) is 2.46. The summed E-state index contributed by atoms with van der Waals surface area (Å²) in [4.78, 5) is 5.24. The van der Waals surface area contributed by atoms with Crippen molar-refractivity contribution in [3.05, 3.63) is 0 Å². The van der Waals surface area contributed by atoms with E-state index in [9.17, 15) is 5.11 Å². The molecule has 0 unspecified atom stereocenters. The van der Waals surface area contributed by atoms with E-state index in [1.165, 1.54) is 0 Å². The highest BCUT2D eigenvalue weighted by Gasteiger charge is 2.37. The van der Waals surface area contributed by atoms with Gasteiger partial charge in [-0.15, -0.1) is 0 Å². The van der Waals surface area contributed by atoms with Crippen molar-refractivity contribution >= 4 is 5.71 Å². The van der Waals surface area contributed by atoms with E-state index in [1.54, 1.807) is 0 Å². The Hall–Kier alpha value is -0.570. The van der Waals surface area contributed by atoms with Crippen LogP contribution in [-0.2, 0) is 4.84 Å². The van der Waals surface area contributed by atoms with Gasteiger partial charge in [0.15, 0.2) is 6.10 Å². The van der Waals surface area contributed by atoms with Crippen LogP contribution in [0.1, 0.15) is 47.0 Å². The number of hydrogen-bond acceptors (Lipinski definition) is 3. The number of aliphatic hydroxyl groups excluding tert-OH is 1. The molecule has 0 radical (unpaired) electrons. The molecule has 1 aliphatic heterocycles. The van der Waals surface area contributed by atoms with Gasteiger partial charge in [-0.1, -0.05) is 39.3 Å². The molecular formula is C11H21NO2. The summed E-state index contributed by atoms with van der Waals surface area (Å²) >= 11 is 0. The SMILES string of the molecule is CCCC[C@@H]1ON=C(C(C)(C)C)[C@H]1O. The van der Waals surface area contributed by atoms with Gasteiger partial charge in [-0.3, -0.25) is 0 Å². The molecule has 0 spiro atoms. The lowest BCUT2D eigenvalue weighted by Crippen LogP contribution is -2.36. The van der Waals surface area contributed by atoms with Crippen LogP contribution >= 0.6 is 0 Å². The molecule has 1 aliphatic rings. The molecule has 14 heavy (non-hydrogen) atoms. The van der Waals surface area contributed by atoms with Crippen molar-refractivity contribution in [2.45, 2.75) is 59.2 Å². The summed E-state index contributed by atoms with van der Waals surface area (Å²) in [7, 11) is 0. The molecule has 0 saturated carbocycles. The zero-order chi connectivity index (χ0) is 10.8. The van der Waals surface area contributed by atoms with Gasteiger partial charge in [-0.05, 0) is 12.8 Å². The van der Waals surface area contributed by atoms with Crippen molar-refractivity contribution in [2.24, 2.45) is 10.6 Å². The highest BCUT2D eigenvalue weighted by atomic mass is 16.7. The van der Waals surface area contributed by atoms with Crippen LogP contribution in [-0.4, -0.2) is 23.0 Å². The van der Waals surface area contributed by atoms with Crippen LogP contribution in [0.2, 0.25) is 0 Å². The van der Waals surface area contributed by atoms with Crippen molar-refractivity contribution < 1.29 is 9.94 Å². The summed E-state index contributed by atoms with van der Waals surface area (Å²) in [5.41, 5.74) is 0.680. The van der Waals surface area contributed by atoms with Gasteiger partial charge in [0.05, 0.1) is 5.71 Å². The fraction of sp³-hybridized carbons (Fsp3) is 0.909. The maximum absolute atomic E-state index is 9.96. The fourth-order valence-electron chi connectivity index (χ4n) is 1.61. The quantitative estimate of drug-likeness (QED) is 0.758. The molecule has 1 rings (SSSR count). The van der Waals surface area contributed by atoms with Gasteiger partial charge >= 0.3 is 0 Å². The van der Waals surface area contributed by atoms with Gasteiger partial charge in [0.1, 0.15) is 6.10 Å². The minimum atomic E-state index is -0.512. The third-order valence-electron chi connectivity index (χ3n) is 2.53. The first-order valence-corrected chi connectivity index (χ1v) is 5.39. The second-order valence-electron chi connectivity index (χ2n) is 4.96. The molecule has 0 saturated heterocycles. The van der Waals surface area contributed by atoms with Gasteiger partial charge in [-0.2, -0.15) is 0 Å². The largest absolute Gasteiger partial charge is 0.389 e. The third kappa shape index (κ3) is 2.47. The Kier molecular flexibility index (Phi) is 3.53. The normalized spacial score (nSPS) is 27.4. The van der Waals surface area contributed by atoms with E-state index in [4.69, 9.17) is 4.84 Å². The van der Waals surface area contributed by atoms with E-state index >= 15 is 0 Å². The zero-order valence-electron chi connectivity index (χ0n) is 9.58. The van der Waals surface area contributed by atoms with Crippen molar-refractivity contribution in [3.8, 4) is 0 Å². The molecular weight excluding hydrogens is 178 g/mol. The number of oxime groups is 1. The van der Waals surface area contributed by atoms with Crippen molar-refractivity contribution in [3.63, 3.8) is 0 Å². The summed E-state index contributed by atoms with van der Waals surface area (Å²) in [6.45, 7) is 8.26. The molecule has 0 aromatic carbocycles. The minimum Gasteiger partial charge on any atom is -0.389 e. The predicted octanol–water partition coefficient (Wildman–Crippen LogP) is 2.34. The van der Waals surface area contributed by atoms with Crippen LogP contribution in [0.3, 0.4) is 0 Å². The second-order valence-corrected chi connectivity index (χ2v) is 4.96. The summed E-state index contributed by atoms with van der Waals surface area (Å²) in [6, 6.07) is 0. The maximum Gasteiger partial charge on any atom is 0.158 e. The molecule has 0 aliphatic carbocycles. The molecule has 0 bridgehead atoms. The molecule has 0 aromatic rings. The van der Waals surface area contributed by atoms with Gasteiger partial charge in [0.25, 0.3) is 0 Å². The summed E-state index contributed by atoms with van der Waals surface area (Å²) in [5, 5.41) is 13.9. The van der Waals surface area contributed by atoms with Crippen LogP contribution < -0.4 is 0 Å². The van der Waals surface area contributed by atoms with Crippen molar-refractivity contribution in [2.75, 3.05) is 0 Å². The lowest BCUT2D eigenvalue weighted by molar-refractivity contribution is 0.0149. The summed E-state index contributed by atoms with van der Waals surface area (Å²) in [5.74, 6) is 0. The van der Waals surface area contributed by atoms with E-state index in [-0.39, 0.29) is 11.5 Å². The van der Waals surface area contributed by atoms with Crippen molar-refractivity contribution in [1.82, 2.24) is 0 Å². The monoisotopic (exact) mass is 199 g/mol. The Balaban J connectivity index is 2.53. The molecule has 0 aromatic heterocycles. The molecule has 82 valence electrons. The first kappa shape index (κ1) is 11.5. The van der Waals surface area contributed by atoms with E-state index in [1.807, 2.05) is 20.8 Å². The third-order valence-corrected chi connectivity index (χ3v) is 2.53. The fourth-order valence-corrected chi connectivity index (χ4v) is 1.61. The van der Waals surface area contributed by atoms with Crippen LogP contribution in [0.25, 0.3) is 0 Å². The van der Waals surface area contributed by atoms with Gasteiger partial charge < -0.3 is 9.94 Å². The van der Waals surface area contributed by atoms with E-state index in [0.717, 1.165) is 25.0 Å². The molecule has 3 nitrogen and oxygen atoms in total. The van der Waals surface area contributed by atoms with Crippen molar-refractivity contribution in [1.29, 1.82) is 0 Å². The van der Waals surface area contributed by atoms with Gasteiger partial charge in [-0.25, -0.2) is 0 Å². The smallest absolute Gasteiger partial charge is 0.158 e. The Morgan fingerprint density at radius 2 is 2.07 bits per heavy atom. The van der Waals surface area contributed by atoms with E-state index in [0.29, 0.717) is 0 Å². The molecule has 1 heterocycles. The highest BCUT2D eigenvalue weighted by molar-refractivity contribution is 5.94. The maximum atomic E-state index is 9.96. The molecule has 1 N–H and O–H groups in total. The Morgan fingerprint density at radius 3 is 2.50 bits per heavy atom. The highest BCUT2D eigenvalue weighted by Crippen LogP contribution is 2.27. The molecule has 3 heteroatoms. The van der Waals surface area contributed by atoms with Crippen LogP contribution in [0.4, 0.5) is 0 Å². The number of rotatable bonds is 3. The average molecular weight is 199 g/mol. The molecule has 0 fully saturated rings. The first-order chi connectivity index (χ1) is 6.46. The number of nitrogens with zero attached hydrogens (tertiary/aromatic N) is 1. The number of aliphatic hydroxyl groups is 1.